The number of carbonyl (C=O) groups is 2. The molecule has 0 aromatic heterocycles. The molecular formula is C30H38N2O5. The molecule has 7 heteroatoms. The Labute approximate surface area is 219 Å². The molecule has 1 N–H and O–H groups in total. The van der Waals surface area contributed by atoms with E-state index in [1.54, 1.807) is 0 Å². The van der Waals surface area contributed by atoms with E-state index in [-0.39, 0.29) is 29.1 Å². The number of aryl methyl sites for hydroxylation is 1. The van der Waals surface area contributed by atoms with Crippen LogP contribution in [-0.4, -0.2) is 54.9 Å². The third-order valence-corrected chi connectivity index (χ3v) is 7.51. The minimum Gasteiger partial charge on any atom is -0.487 e. The normalized spacial score (nSPS) is 20.7. The zero-order valence-electron chi connectivity index (χ0n) is 22.2. The first-order valence-corrected chi connectivity index (χ1v) is 13.5. The summed E-state index contributed by atoms with van der Waals surface area (Å²) in [6.07, 6.45) is 4.70. The molecule has 3 heterocycles. The fraction of sp³-hybridized carbons (Fsp3) is 0.533. The van der Waals surface area contributed by atoms with E-state index >= 15 is 0 Å². The summed E-state index contributed by atoms with van der Waals surface area (Å²) in [5.41, 5.74) is 3.97. The summed E-state index contributed by atoms with van der Waals surface area (Å²) >= 11 is 0. The molecule has 37 heavy (non-hydrogen) atoms. The van der Waals surface area contributed by atoms with Crippen LogP contribution in [0.3, 0.4) is 0 Å². The summed E-state index contributed by atoms with van der Waals surface area (Å²) in [4.78, 5) is 26.6. The maximum Gasteiger partial charge on any atom is 0.409 e. The molecule has 3 aliphatic rings. The van der Waals surface area contributed by atoms with Crippen LogP contribution < -0.4 is 10.1 Å². The number of nitrogens with zero attached hydrogens (tertiary/aromatic N) is 1. The summed E-state index contributed by atoms with van der Waals surface area (Å²) in [7, 11) is 0. The van der Waals surface area contributed by atoms with Crippen molar-refractivity contribution in [3.8, 4) is 16.9 Å². The van der Waals surface area contributed by atoms with Gasteiger partial charge in [-0.3, -0.25) is 4.79 Å². The highest BCUT2D eigenvalue weighted by Gasteiger charge is 2.41. The fourth-order valence-electron chi connectivity index (χ4n) is 5.27. The van der Waals surface area contributed by atoms with Crippen molar-refractivity contribution in [1.82, 2.24) is 4.90 Å². The number of carbonyl (C=O) groups excluding carboxylic acids is 2. The molecule has 1 unspecified atom stereocenters. The molecule has 0 radical (unpaired) electrons. The molecule has 0 bridgehead atoms. The van der Waals surface area contributed by atoms with E-state index in [1.807, 2.05) is 29.2 Å². The Morgan fingerprint density at radius 3 is 2.46 bits per heavy atom. The van der Waals surface area contributed by atoms with Gasteiger partial charge in [-0.2, -0.15) is 0 Å². The van der Waals surface area contributed by atoms with E-state index in [0.29, 0.717) is 26.3 Å². The molecule has 2 aromatic carbocycles. The Kier molecular flexibility index (Phi) is 7.17. The second kappa shape index (κ2) is 10.4. The summed E-state index contributed by atoms with van der Waals surface area (Å²) < 4.78 is 17.5. The second-order valence-corrected chi connectivity index (χ2v) is 11.8. The predicted octanol–water partition coefficient (Wildman–Crippen LogP) is 5.81. The molecule has 1 spiro atoms. The highest BCUT2D eigenvalue weighted by atomic mass is 16.6. The van der Waals surface area contributed by atoms with Crippen molar-refractivity contribution in [2.75, 3.05) is 31.6 Å². The fourth-order valence-corrected chi connectivity index (χ4v) is 5.27. The van der Waals surface area contributed by atoms with Crippen molar-refractivity contribution in [3.63, 3.8) is 0 Å². The summed E-state index contributed by atoms with van der Waals surface area (Å²) in [5.74, 6) is 0.872. The van der Waals surface area contributed by atoms with E-state index in [1.165, 1.54) is 5.56 Å². The lowest BCUT2D eigenvalue weighted by Gasteiger charge is -2.44. The molecule has 0 aliphatic carbocycles. The van der Waals surface area contributed by atoms with Crippen molar-refractivity contribution in [2.24, 2.45) is 5.41 Å². The van der Waals surface area contributed by atoms with Crippen molar-refractivity contribution in [1.29, 1.82) is 0 Å². The van der Waals surface area contributed by atoms with Gasteiger partial charge in [0.25, 0.3) is 5.91 Å². The van der Waals surface area contributed by atoms with Gasteiger partial charge in [0.2, 0.25) is 0 Å². The van der Waals surface area contributed by atoms with Crippen molar-refractivity contribution in [2.45, 2.75) is 71.0 Å². The third kappa shape index (κ3) is 6.09. The van der Waals surface area contributed by atoms with Crippen molar-refractivity contribution < 1.29 is 23.8 Å². The Bertz CT molecular complexity index is 1120. The Morgan fingerprint density at radius 2 is 1.78 bits per heavy atom. The maximum atomic E-state index is 12.5. The Hall–Kier alpha value is -3.06. The predicted molar refractivity (Wildman–Crippen MR) is 143 cm³/mol. The number of rotatable bonds is 4. The standard InChI is InChI=1S/C30H38N2O5/c1-29(2,3)20-36-28(34)32-16-14-30(15-17-32)13-12-23-19-22(8-11-25(23)37-30)21-6-9-24(10-7-21)31-27(33)26-5-4-18-35-26/h6-11,19,26H,4-5,12-18,20H2,1-3H3,(H,31,33). The topological polar surface area (TPSA) is 77.1 Å². The van der Waals surface area contributed by atoms with Gasteiger partial charge in [0.05, 0.1) is 6.61 Å². The first-order chi connectivity index (χ1) is 17.7. The largest absolute Gasteiger partial charge is 0.487 e. The monoisotopic (exact) mass is 506 g/mol. The van der Waals surface area contributed by atoms with E-state index in [9.17, 15) is 9.59 Å². The molecule has 198 valence electrons. The Balaban J connectivity index is 1.18. The van der Waals surface area contributed by atoms with Gasteiger partial charge in [0, 0.05) is 38.2 Å². The lowest BCUT2D eigenvalue weighted by atomic mass is 9.82. The van der Waals surface area contributed by atoms with Gasteiger partial charge in [-0.15, -0.1) is 0 Å². The van der Waals surface area contributed by atoms with Gasteiger partial charge in [-0.25, -0.2) is 4.79 Å². The summed E-state index contributed by atoms with van der Waals surface area (Å²) in [5, 5.41) is 2.95. The number of benzene rings is 2. The van der Waals surface area contributed by atoms with Crippen LogP contribution in [0, 0.1) is 5.41 Å². The van der Waals surface area contributed by atoms with E-state index in [4.69, 9.17) is 14.2 Å². The van der Waals surface area contributed by atoms with E-state index in [2.05, 4.69) is 44.3 Å². The molecule has 1 atom stereocenters. The van der Waals surface area contributed by atoms with Crippen molar-refractivity contribution >= 4 is 17.7 Å². The van der Waals surface area contributed by atoms with E-state index in [0.717, 1.165) is 61.1 Å². The van der Waals surface area contributed by atoms with Crippen LogP contribution in [0.15, 0.2) is 42.5 Å². The highest BCUT2D eigenvalue weighted by molar-refractivity contribution is 5.94. The van der Waals surface area contributed by atoms with Gasteiger partial charge >= 0.3 is 6.09 Å². The Morgan fingerprint density at radius 1 is 1.05 bits per heavy atom. The minimum absolute atomic E-state index is 0.0376. The van der Waals surface area contributed by atoms with Crippen LogP contribution in [0.5, 0.6) is 5.75 Å². The van der Waals surface area contributed by atoms with E-state index < -0.39 is 0 Å². The van der Waals surface area contributed by atoms with Crippen LogP contribution in [0.1, 0.15) is 58.4 Å². The first-order valence-electron chi connectivity index (χ1n) is 13.5. The van der Waals surface area contributed by atoms with Crippen LogP contribution in [0.4, 0.5) is 10.5 Å². The quantitative estimate of drug-likeness (QED) is 0.566. The number of hydrogen-bond acceptors (Lipinski definition) is 5. The summed E-state index contributed by atoms with van der Waals surface area (Å²) in [6, 6.07) is 14.3. The van der Waals surface area contributed by atoms with Gasteiger partial charge < -0.3 is 24.4 Å². The summed E-state index contributed by atoms with van der Waals surface area (Å²) in [6.45, 7) is 8.58. The average Bonchev–Trinajstić information content (AvgIpc) is 3.43. The van der Waals surface area contributed by atoms with Crippen LogP contribution in [-0.2, 0) is 20.7 Å². The highest BCUT2D eigenvalue weighted by Crippen LogP contribution is 2.41. The van der Waals surface area contributed by atoms with Crippen LogP contribution >= 0.6 is 0 Å². The van der Waals surface area contributed by atoms with Crippen molar-refractivity contribution in [3.05, 3.63) is 48.0 Å². The first kappa shape index (κ1) is 25.6. The van der Waals surface area contributed by atoms with Gasteiger partial charge in [-0.1, -0.05) is 39.0 Å². The number of ether oxygens (including phenoxy) is 3. The number of anilines is 1. The zero-order chi connectivity index (χ0) is 26.0. The molecule has 0 saturated carbocycles. The number of piperidine rings is 1. The SMILES string of the molecule is CC(C)(C)COC(=O)N1CCC2(CCc3cc(-c4ccc(NC(=O)C5CCCO5)cc4)ccc3O2)CC1. The molecule has 2 aromatic rings. The molecule has 2 fully saturated rings. The molecular weight excluding hydrogens is 468 g/mol. The molecule has 2 amide bonds. The van der Waals surface area contributed by atoms with Gasteiger partial charge in [-0.05, 0) is 72.1 Å². The maximum absolute atomic E-state index is 12.5. The second-order valence-electron chi connectivity index (χ2n) is 11.8. The average molecular weight is 507 g/mol. The van der Waals surface area contributed by atoms with Gasteiger partial charge in [0.15, 0.2) is 0 Å². The molecule has 7 nitrogen and oxygen atoms in total. The zero-order valence-corrected chi connectivity index (χ0v) is 22.2. The lowest BCUT2D eigenvalue weighted by Crippen LogP contribution is -2.51. The number of nitrogens with one attached hydrogen (secondary N) is 1. The lowest BCUT2D eigenvalue weighted by molar-refractivity contribution is -0.124. The smallest absolute Gasteiger partial charge is 0.409 e. The molecule has 3 aliphatic heterocycles. The number of fused-ring (bicyclic) bond motifs is 1. The minimum atomic E-state index is -0.335. The molecule has 2 saturated heterocycles. The van der Waals surface area contributed by atoms with Crippen LogP contribution in [0.25, 0.3) is 11.1 Å². The number of amides is 2. The molecule has 5 rings (SSSR count). The van der Waals surface area contributed by atoms with Gasteiger partial charge in [0.1, 0.15) is 17.5 Å². The van der Waals surface area contributed by atoms with Crippen LogP contribution in [0.2, 0.25) is 0 Å². The third-order valence-electron chi connectivity index (χ3n) is 7.51. The number of hydrogen-bond donors (Lipinski definition) is 1. The number of likely N-dealkylation sites (tertiary alicyclic amines) is 1.